The summed E-state index contributed by atoms with van der Waals surface area (Å²) in [6, 6.07) is 5.99. The quantitative estimate of drug-likeness (QED) is 0.883. The largest absolute Gasteiger partial charge is 0.316 e. The molecule has 2 rings (SSSR count). The number of hydrogen-bond acceptors (Lipinski definition) is 3. The van der Waals surface area contributed by atoms with Gasteiger partial charge in [0.15, 0.2) is 9.84 Å². The third-order valence-electron chi connectivity index (χ3n) is 3.02. The maximum absolute atomic E-state index is 12.0. The van der Waals surface area contributed by atoms with Gasteiger partial charge in [-0.2, -0.15) is 0 Å². The van der Waals surface area contributed by atoms with Crippen LogP contribution in [0.15, 0.2) is 18.2 Å². The Morgan fingerprint density at radius 3 is 2.24 bits per heavy atom. The summed E-state index contributed by atoms with van der Waals surface area (Å²) in [4.78, 5) is 0. The first-order valence-corrected chi connectivity index (χ1v) is 7.75. The maximum Gasteiger partial charge on any atom is 0.154 e. The molecule has 1 saturated heterocycles. The van der Waals surface area contributed by atoms with Crippen molar-refractivity contribution in [1.29, 1.82) is 0 Å². The Balaban J connectivity index is 2.08. The van der Waals surface area contributed by atoms with Crippen LogP contribution in [0, 0.1) is 19.8 Å². The maximum atomic E-state index is 12.0. The molecular weight excluding hydrogens is 234 g/mol. The first-order chi connectivity index (χ1) is 7.94. The molecule has 1 heterocycles. The molecule has 1 aliphatic rings. The molecule has 4 heteroatoms. The van der Waals surface area contributed by atoms with Gasteiger partial charge in [-0.05, 0) is 25.3 Å². The van der Waals surface area contributed by atoms with Crippen molar-refractivity contribution < 1.29 is 8.42 Å². The van der Waals surface area contributed by atoms with Gasteiger partial charge in [0.25, 0.3) is 0 Å². The van der Waals surface area contributed by atoms with Gasteiger partial charge in [0.05, 0.1) is 11.5 Å². The first kappa shape index (κ1) is 12.6. The van der Waals surface area contributed by atoms with Gasteiger partial charge in [-0.1, -0.05) is 29.3 Å². The summed E-state index contributed by atoms with van der Waals surface area (Å²) >= 11 is 0. The SMILES string of the molecule is Cc1cc(C)cc(CS(=O)(=O)CC2CNC2)c1. The molecule has 0 saturated carbocycles. The lowest BCUT2D eigenvalue weighted by Crippen LogP contribution is -2.45. The lowest BCUT2D eigenvalue weighted by atomic mass is 10.1. The zero-order valence-electron chi connectivity index (χ0n) is 10.4. The second-order valence-corrected chi connectivity index (χ2v) is 7.18. The minimum Gasteiger partial charge on any atom is -0.316 e. The molecule has 0 atom stereocenters. The van der Waals surface area contributed by atoms with Gasteiger partial charge in [0, 0.05) is 13.1 Å². The van der Waals surface area contributed by atoms with Crippen molar-refractivity contribution in [3.63, 3.8) is 0 Å². The fourth-order valence-electron chi connectivity index (χ4n) is 2.29. The predicted octanol–water partition coefficient (Wildman–Crippen LogP) is 1.44. The van der Waals surface area contributed by atoms with E-state index in [-0.39, 0.29) is 5.75 Å². The molecular formula is C13H19NO2S. The lowest BCUT2D eigenvalue weighted by Gasteiger charge is -2.26. The van der Waals surface area contributed by atoms with E-state index in [0.717, 1.165) is 29.8 Å². The van der Waals surface area contributed by atoms with Crippen molar-refractivity contribution in [2.24, 2.45) is 5.92 Å². The van der Waals surface area contributed by atoms with Crippen LogP contribution in [0.3, 0.4) is 0 Å². The van der Waals surface area contributed by atoms with Gasteiger partial charge in [0.2, 0.25) is 0 Å². The average Bonchev–Trinajstić information content (AvgIpc) is 2.09. The summed E-state index contributed by atoms with van der Waals surface area (Å²) in [6.07, 6.45) is 0. The van der Waals surface area contributed by atoms with E-state index in [0.29, 0.717) is 11.7 Å². The molecule has 94 valence electrons. The predicted molar refractivity (Wildman–Crippen MR) is 69.8 cm³/mol. The number of benzene rings is 1. The minimum atomic E-state index is -2.97. The van der Waals surface area contributed by atoms with Crippen LogP contribution >= 0.6 is 0 Å². The molecule has 1 aromatic carbocycles. The summed E-state index contributed by atoms with van der Waals surface area (Å²) in [6.45, 7) is 5.68. The molecule has 0 unspecified atom stereocenters. The topological polar surface area (TPSA) is 46.2 Å². The van der Waals surface area contributed by atoms with Crippen LogP contribution in [-0.4, -0.2) is 27.3 Å². The number of sulfone groups is 1. The Bertz CT molecular complexity index is 484. The van der Waals surface area contributed by atoms with Crippen molar-refractivity contribution in [3.8, 4) is 0 Å². The van der Waals surface area contributed by atoms with Crippen molar-refractivity contribution in [2.75, 3.05) is 18.8 Å². The van der Waals surface area contributed by atoms with Crippen LogP contribution in [0.4, 0.5) is 0 Å². The summed E-state index contributed by atoms with van der Waals surface area (Å²) in [7, 11) is -2.97. The van der Waals surface area contributed by atoms with E-state index in [4.69, 9.17) is 0 Å². The summed E-state index contributed by atoms with van der Waals surface area (Å²) in [5.41, 5.74) is 3.16. The molecule has 3 nitrogen and oxygen atoms in total. The van der Waals surface area contributed by atoms with Crippen LogP contribution in [0.5, 0.6) is 0 Å². The van der Waals surface area contributed by atoms with Crippen molar-refractivity contribution in [1.82, 2.24) is 5.32 Å². The zero-order chi connectivity index (χ0) is 12.5. The Labute approximate surface area is 103 Å². The van der Waals surface area contributed by atoms with Gasteiger partial charge < -0.3 is 5.32 Å². The Morgan fingerprint density at radius 2 is 1.76 bits per heavy atom. The van der Waals surface area contributed by atoms with Gasteiger partial charge in [-0.25, -0.2) is 8.42 Å². The van der Waals surface area contributed by atoms with Gasteiger partial charge in [-0.3, -0.25) is 0 Å². The minimum absolute atomic E-state index is 0.173. The normalized spacial score (nSPS) is 16.8. The first-order valence-electron chi connectivity index (χ1n) is 5.93. The van der Waals surface area contributed by atoms with E-state index >= 15 is 0 Å². The molecule has 0 bridgehead atoms. The number of nitrogens with one attached hydrogen (secondary N) is 1. The monoisotopic (exact) mass is 253 g/mol. The highest BCUT2D eigenvalue weighted by Gasteiger charge is 2.24. The summed E-state index contributed by atoms with van der Waals surface area (Å²) < 4.78 is 24.0. The van der Waals surface area contributed by atoms with E-state index in [1.165, 1.54) is 0 Å². The Morgan fingerprint density at radius 1 is 1.18 bits per heavy atom. The van der Waals surface area contributed by atoms with Crippen molar-refractivity contribution >= 4 is 9.84 Å². The van der Waals surface area contributed by atoms with E-state index in [1.807, 2.05) is 26.0 Å². The van der Waals surface area contributed by atoms with Crippen LogP contribution in [0.25, 0.3) is 0 Å². The molecule has 17 heavy (non-hydrogen) atoms. The highest BCUT2D eigenvalue weighted by Crippen LogP contribution is 2.15. The average molecular weight is 253 g/mol. The second kappa shape index (κ2) is 4.78. The van der Waals surface area contributed by atoms with Crippen LogP contribution in [0.2, 0.25) is 0 Å². The molecule has 1 aliphatic heterocycles. The molecule has 1 N–H and O–H groups in total. The van der Waals surface area contributed by atoms with Gasteiger partial charge >= 0.3 is 0 Å². The number of hydrogen-bond donors (Lipinski definition) is 1. The van der Waals surface area contributed by atoms with Crippen LogP contribution in [-0.2, 0) is 15.6 Å². The molecule has 0 radical (unpaired) electrons. The highest BCUT2D eigenvalue weighted by atomic mass is 32.2. The molecule has 0 amide bonds. The van der Waals surface area contributed by atoms with Gasteiger partial charge in [0.1, 0.15) is 0 Å². The number of aryl methyl sites for hydroxylation is 2. The van der Waals surface area contributed by atoms with E-state index in [9.17, 15) is 8.42 Å². The fourth-order valence-corrected chi connectivity index (χ4v) is 4.04. The van der Waals surface area contributed by atoms with E-state index in [2.05, 4.69) is 11.4 Å². The van der Waals surface area contributed by atoms with Crippen LogP contribution < -0.4 is 5.32 Å². The third-order valence-corrected chi connectivity index (χ3v) is 4.78. The summed E-state index contributed by atoms with van der Waals surface area (Å²) in [5, 5.41) is 3.10. The lowest BCUT2D eigenvalue weighted by molar-refractivity contribution is 0.378. The second-order valence-electron chi connectivity index (χ2n) is 5.07. The standard InChI is InChI=1S/C13H19NO2S/c1-10-3-11(2)5-12(4-10)8-17(15,16)9-13-6-14-7-13/h3-5,13-14H,6-9H2,1-2H3. The van der Waals surface area contributed by atoms with E-state index in [1.54, 1.807) is 0 Å². The fraction of sp³-hybridized carbons (Fsp3) is 0.538. The molecule has 0 spiro atoms. The number of rotatable bonds is 4. The van der Waals surface area contributed by atoms with E-state index < -0.39 is 9.84 Å². The van der Waals surface area contributed by atoms with Gasteiger partial charge in [-0.15, -0.1) is 0 Å². The Hall–Kier alpha value is -0.870. The molecule has 1 aromatic rings. The van der Waals surface area contributed by atoms with Crippen LogP contribution in [0.1, 0.15) is 16.7 Å². The molecule has 0 aliphatic carbocycles. The molecule has 0 aromatic heterocycles. The highest BCUT2D eigenvalue weighted by molar-refractivity contribution is 7.90. The third kappa shape index (κ3) is 3.54. The Kier molecular flexibility index (Phi) is 3.54. The smallest absolute Gasteiger partial charge is 0.154 e. The zero-order valence-corrected chi connectivity index (χ0v) is 11.2. The van der Waals surface area contributed by atoms with Crippen molar-refractivity contribution in [2.45, 2.75) is 19.6 Å². The van der Waals surface area contributed by atoms with Crippen molar-refractivity contribution in [3.05, 3.63) is 34.9 Å². The molecule has 1 fully saturated rings. The summed E-state index contributed by atoms with van der Waals surface area (Å²) in [5.74, 6) is 0.796.